The SMILES string of the molecule is O=C(CN1C(=O)c2ccccc2S1(=O)=O)N1N=C(c2cccs2)CC1c1cccs1. The second-order valence-corrected chi connectivity index (χ2v) is 10.6. The molecule has 0 bridgehead atoms. The largest absolute Gasteiger partial charge is 0.271 e. The first-order valence-corrected chi connectivity index (χ1v) is 12.3. The predicted octanol–water partition coefficient (Wildman–Crippen LogP) is 3.33. The highest BCUT2D eigenvalue weighted by molar-refractivity contribution is 7.90. The van der Waals surface area contributed by atoms with Gasteiger partial charge in [0.1, 0.15) is 11.4 Å². The molecule has 5 rings (SSSR count). The first kappa shape index (κ1) is 19.2. The van der Waals surface area contributed by atoms with Gasteiger partial charge < -0.3 is 0 Å². The molecule has 2 aliphatic heterocycles. The second kappa shape index (κ2) is 7.15. The fraction of sp³-hybridized carbons (Fsp3) is 0.150. The Morgan fingerprint density at radius 3 is 2.53 bits per heavy atom. The Morgan fingerprint density at radius 2 is 1.83 bits per heavy atom. The summed E-state index contributed by atoms with van der Waals surface area (Å²) in [6, 6.07) is 13.3. The van der Waals surface area contributed by atoms with Crippen LogP contribution in [0.1, 0.15) is 32.6 Å². The minimum Gasteiger partial charge on any atom is -0.271 e. The van der Waals surface area contributed by atoms with E-state index < -0.39 is 28.4 Å². The fourth-order valence-electron chi connectivity index (χ4n) is 3.62. The number of fused-ring (bicyclic) bond motifs is 1. The van der Waals surface area contributed by atoms with Gasteiger partial charge in [-0.05, 0) is 35.0 Å². The molecule has 4 heterocycles. The lowest BCUT2D eigenvalue weighted by atomic mass is 10.1. The molecule has 3 aromatic rings. The number of hydrazone groups is 1. The van der Waals surface area contributed by atoms with E-state index in [4.69, 9.17) is 0 Å². The number of nitrogens with zero attached hydrogens (tertiary/aromatic N) is 3. The molecule has 30 heavy (non-hydrogen) atoms. The summed E-state index contributed by atoms with van der Waals surface area (Å²) in [5.74, 6) is -1.22. The molecule has 0 aliphatic carbocycles. The van der Waals surface area contributed by atoms with E-state index in [9.17, 15) is 18.0 Å². The molecule has 7 nitrogen and oxygen atoms in total. The van der Waals surface area contributed by atoms with Gasteiger partial charge in [-0.2, -0.15) is 5.10 Å². The minimum atomic E-state index is -4.06. The van der Waals surface area contributed by atoms with Crippen molar-refractivity contribution in [1.82, 2.24) is 9.31 Å². The van der Waals surface area contributed by atoms with E-state index in [0.717, 1.165) is 15.5 Å². The highest BCUT2D eigenvalue weighted by atomic mass is 32.2. The van der Waals surface area contributed by atoms with Crippen LogP contribution >= 0.6 is 22.7 Å². The lowest BCUT2D eigenvalue weighted by molar-refractivity contribution is -0.132. The van der Waals surface area contributed by atoms with E-state index in [-0.39, 0.29) is 16.5 Å². The highest BCUT2D eigenvalue weighted by Gasteiger charge is 2.44. The Labute approximate surface area is 180 Å². The number of benzene rings is 1. The highest BCUT2D eigenvalue weighted by Crippen LogP contribution is 2.37. The van der Waals surface area contributed by atoms with Crippen molar-refractivity contribution in [2.24, 2.45) is 5.10 Å². The van der Waals surface area contributed by atoms with Crippen LogP contribution in [-0.2, 0) is 14.8 Å². The zero-order valence-electron chi connectivity index (χ0n) is 15.5. The third-order valence-corrected chi connectivity index (χ3v) is 8.71. The molecule has 2 amide bonds. The molecule has 1 unspecified atom stereocenters. The summed E-state index contributed by atoms with van der Waals surface area (Å²) in [4.78, 5) is 27.7. The van der Waals surface area contributed by atoms with E-state index >= 15 is 0 Å². The molecule has 0 N–H and O–H groups in total. The van der Waals surface area contributed by atoms with Gasteiger partial charge in [-0.1, -0.05) is 24.3 Å². The van der Waals surface area contributed by atoms with E-state index in [1.807, 2.05) is 35.0 Å². The third-order valence-electron chi connectivity index (χ3n) is 5.03. The van der Waals surface area contributed by atoms with Crippen molar-refractivity contribution in [1.29, 1.82) is 0 Å². The summed E-state index contributed by atoms with van der Waals surface area (Å²) in [6.07, 6.45) is 0.535. The fourth-order valence-corrected chi connectivity index (χ4v) is 6.67. The van der Waals surface area contributed by atoms with Gasteiger partial charge in [0.15, 0.2) is 0 Å². The Kier molecular flexibility index (Phi) is 4.57. The maximum atomic E-state index is 13.2. The van der Waals surface area contributed by atoms with Gasteiger partial charge in [-0.25, -0.2) is 17.7 Å². The molecule has 1 aromatic carbocycles. The first-order valence-electron chi connectivity index (χ1n) is 9.10. The van der Waals surface area contributed by atoms with Crippen LogP contribution in [-0.4, -0.2) is 41.8 Å². The number of carbonyl (C=O) groups excluding carboxylic acids is 2. The molecule has 1 atom stereocenters. The summed E-state index contributed by atoms with van der Waals surface area (Å²) in [6.45, 7) is -0.584. The number of amides is 2. The number of hydrogen-bond acceptors (Lipinski definition) is 7. The number of carbonyl (C=O) groups is 2. The van der Waals surface area contributed by atoms with Crippen molar-refractivity contribution in [2.45, 2.75) is 17.4 Å². The van der Waals surface area contributed by atoms with Crippen LogP contribution in [0.5, 0.6) is 0 Å². The Balaban J connectivity index is 1.46. The van der Waals surface area contributed by atoms with Crippen LogP contribution < -0.4 is 0 Å². The summed E-state index contributed by atoms with van der Waals surface area (Å²) in [5.41, 5.74) is 0.861. The van der Waals surface area contributed by atoms with Crippen molar-refractivity contribution in [3.8, 4) is 0 Å². The smallest absolute Gasteiger partial charge is 0.269 e. The molecule has 10 heteroatoms. The summed E-state index contributed by atoms with van der Waals surface area (Å²) in [5, 5.41) is 9.71. The van der Waals surface area contributed by atoms with Crippen LogP contribution in [0.4, 0.5) is 0 Å². The molecular formula is C20H15N3O4S3. The third kappa shape index (κ3) is 2.99. The zero-order chi connectivity index (χ0) is 20.9. The van der Waals surface area contributed by atoms with Gasteiger partial charge in [0.05, 0.1) is 22.2 Å². The van der Waals surface area contributed by atoms with Gasteiger partial charge in [0.2, 0.25) is 0 Å². The van der Waals surface area contributed by atoms with Crippen molar-refractivity contribution < 1.29 is 18.0 Å². The summed E-state index contributed by atoms with van der Waals surface area (Å²) < 4.78 is 26.3. The average molecular weight is 458 g/mol. The average Bonchev–Trinajstić information content (AvgIpc) is 3.52. The van der Waals surface area contributed by atoms with Crippen molar-refractivity contribution in [2.75, 3.05) is 6.54 Å². The first-order chi connectivity index (χ1) is 14.5. The van der Waals surface area contributed by atoms with Gasteiger partial charge in [-0.15, -0.1) is 22.7 Å². The Hall–Kier alpha value is -2.82. The van der Waals surface area contributed by atoms with E-state index in [1.165, 1.54) is 39.8 Å². The molecule has 0 saturated heterocycles. The molecule has 0 radical (unpaired) electrons. The van der Waals surface area contributed by atoms with Crippen LogP contribution in [0, 0.1) is 0 Å². The standard InChI is InChI=1S/C20H15N3O4S3/c24-19(12-22-20(25)13-5-1-2-8-18(13)30(22,26)27)23-15(17-7-4-10-29-17)11-14(21-23)16-6-3-9-28-16/h1-10,15H,11-12H2. The van der Waals surface area contributed by atoms with Crippen LogP contribution in [0.15, 0.2) is 69.3 Å². The number of thiophene rings is 2. The van der Waals surface area contributed by atoms with Crippen molar-refractivity contribution in [3.05, 3.63) is 74.6 Å². The molecule has 2 aromatic heterocycles. The maximum absolute atomic E-state index is 13.2. The summed E-state index contributed by atoms with van der Waals surface area (Å²) >= 11 is 3.04. The molecule has 0 saturated carbocycles. The Bertz CT molecular complexity index is 1260. The van der Waals surface area contributed by atoms with Gasteiger partial charge in [-0.3, -0.25) is 9.59 Å². The van der Waals surface area contributed by atoms with Crippen molar-refractivity contribution >= 4 is 50.2 Å². The topological polar surface area (TPSA) is 87.1 Å². The molecule has 0 fully saturated rings. The minimum absolute atomic E-state index is 0.0678. The number of rotatable bonds is 4. The quantitative estimate of drug-likeness (QED) is 0.601. The van der Waals surface area contributed by atoms with E-state index in [2.05, 4.69) is 5.10 Å². The van der Waals surface area contributed by atoms with Gasteiger partial charge in [0, 0.05) is 11.3 Å². The maximum Gasteiger partial charge on any atom is 0.269 e. The molecule has 152 valence electrons. The normalized spacial score (nSPS) is 19.8. The Morgan fingerprint density at radius 1 is 1.07 bits per heavy atom. The van der Waals surface area contributed by atoms with Crippen LogP contribution in [0.3, 0.4) is 0 Å². The van der Waals surface area contributed by atoms with Crippen LogP contribution in [0.2, 0.25) is 0 Å². The lowest BCUT2D eigenvalue weighted by Gasteiger charge is -2.23. The second-order valence-electron chi connectivity index (χ2n) is 6.81. The number of hydrogen-bond donors (Lipinski definition) is 0. The van der Waals surface area contributed by atoms with Crippen LogP contribution in [0.25, 0.3) is 0 Å². The zero-order valence-corrected chi connectivity index (χ0v) is 17.9. The van der Waals surface area contributed by atoms with Crippen molar-refractivity contribution in [3.63, 3.8) is 0 Å². The number of sulfonamides is 1. The van der Waals surface area contributed by atoms with E-state index in [1.54, 1.807) is 12.1 Å². The summed E-state index contributed by atoms with van der Waals surface area (Å²) in [7, 11) is -4.06. The molecular weight excluding hydrogens is 442 g/mol. The predicted molar refractivity (Wildman–Crippen MR) is 114 cm³/mol. The molecule has 0 spiro atoms. The van der Waals surface area contributed by atoms with Gasteiger partial charge in [0.25, 0.3) is 21.8 Å². The monoisotopic (exact) mass is 457 g/mol. The molecule has 2 aliphatic rings. The van der Waals surface area contributed by atoms with Gasteiger partial charge >= 0.3 is 0 Å². The van der Waals surface area contributed by atoms with E-state index in [0.29, 0.717) is 10.7 Å². The lowest BCUT2D eigenvalue weighted by Crippen LogP contribution is -2.40.